The quantitative estimate of drug-likeness (QED) is 0.576. The van der Waals surface area contributed by atoms with Crippen LogP contribution < -0.4 is 24.8 Å². The maximum Gasteiger partial charge on any atom is 0.311 e. The minimum Gasteiger partial charge on any atom is -0.490 e. The highest BCUT2D eigenvalue weighted by Crippen LogP contribution is 2.37. The van der Waals surface area contributed by atoms with Crippen molar-refractivity contribution in [2.75, 3.05) is 18.5 Å². The molecule has 7 nitrogen and oxygen atoms in total. The van der Waals surface area contributed by atoms with E-state index in [1.165, 1.54) is 0 Å². The predicted octanol–water partition coefficient (Wildman–Crippen LogP) is 2.96. The third kappa shape index (κ3) is 4.31. The van der Waals surface area contributed by atoms with Crippen LogP contribution >= 0.6 is 0 Å². The van der Waals surface area contributed by atoms with Gasteiger partial charge in [0.05, 0.1) is 12.2 Å². The predicted molar refractivity (Wildman–Crippen MR) is 100 cm³/mol. The van der Waals surface area contributed by atoms with Crippen LogP contribution in [0.3, 0.4) is 0 Å². The van der Waals surface area contributed by atoms with Crippen molar-refractivity contribution in [3.8, 4) is 17.2 Å². The molecule has 0 aliphatic carbocycles. The van der Waals surface area contributed by atoms with Gasteiger partial charge in [-0.3, -0.25) is 9.59 Å². The second-order valence-electron chi connectivity index (χ2n) is 5.87. The van der Waals surface area contributed by atoms with Crippen LogP contribution in [0.25, 0.3) is 0 Å². The van der Waals surface area contributed by atoms with Gasteiger partial charge in [0.2, 0.25) is 5.75 Å². The lowest BCUT2D eigenvalue weighted by Gasteiger charge is -2.28. The summed E-state index contributed by atoms with van der Waals surface area (Å²) in [7, 11) is 0. The average molecular weight is 370 g/mol. The van der Waals surface area contributed by atoms with Crippen molar-refractivity contribution in [2.24, 2.45) is 0 Å². The monoisotopic (exact) mass is 370 g/mol. The number of amides is 1. The van der Waals surface area contributed by atoms with Gasteiger partial charge in [-0.2, -0.15) is 0 Å². The number of benzene rings is 2. The first-order valence-corrected chi connectivity index (χ1v) is 8.88. The third-order valence-electron chi connectivity index (χ3n) is 3.96. The van der Waals surface area contributed by atoms with E-state index < -0.39 is 6.17 Å². The summed E-state index contributed by atoms with van der Waals surface area (Å²) in [6.07, 6.45) is -0.186. The van der Waals surface area contributed by atoms with Crippen LogP contribution in [-0.2, 0) is 4.79 Å². The van der Waals surface area contributed by atoms with Gasteiger partial charge in [-0.25, -0.2) is 0 Å². The van der Waals surface area contributed by atoms with Gasteiger partial charge in [0, 0.05) is 12.1 Å². The molecule has 0 saturated heterocycles. The normalized spacial score (nSPS) is 15.2. The largest absolute Gasteiger partial charge is 0.490 e. The second kappa shape index (κ2) is 8.44. The zero-order chi connectivity index (χ0) is 19.2. The molecule has 0 saturated carbocycles. The van der Waals surface area contributed by atoms with Gasteiger partial charge >= 0.3 is 5.97 Å². The molecule has 1 atom stereocenters. The Morgan fingerprint density at radius 3 is 2.48 bits per heavy atom. The first kappa shape index (κ1) is 18.6. The van der Waals surface area contributed by atoms with Crippen molar-refractivity contribution in [3.63, 3.8) is 0 Å². The van der Waals surface area contributed by atoms with Gasteiger partial charge in [-0.1, -0.05) is 25.1 Å². The van der Waals surface area contributed by atoms with Crippen molar-refractivity contribution in [2.45, 2.75) is 26.4 Å². The molecule has 1 aliphatic rings. The Morgan fingerprint density at radius 2 is 1.74 bits per heavy atom. The lowest BCUT2D eigenvalue weighted by Crippen LogP contribution is -2.48. The van der Waals surface area contributed by atoms with Crippen LogP contribution in [0.4, 0.5) is 5.69 Å². The number of esters is 1. The van der Waals surface area contributed by atoms with E-state index in [2.05, 4.69) is 10.6 Å². The molecule has 3 rings (SSSR count). The van der Waals surface area contributed by atoms with Crippen molar-refractivity contribution >= 4 is 17.6 Å². The fraction of sp³-hybridized carbons (Fsp3) is 0.300. The molecule has 2 N–H and O–H groups in total. The highest BCUT2D eigenvalue weighted by Gasteiger charge is 2.24. The van der Waals surface area contributed by atoms with Crippen LogP contribution in [0, 0.1) is 0 Å². The van der Waals surface area contributed by atoms with Crippen molar-refractivity contribution in [3.05, 3.63) is 48.0 Å². The number of para-hydroxylation sites is 2. The molecule has 2 aromatic rings. The molecule has 7 heteroatoms. The third-order valence-corrected chi connectivity index (χ3v) is 3.96. The van der Waals surface area contributed by atoms with E-state index in [0.29, 0.717) is 23.7 Å². The highest BCUT2D eigenvalue weighted by atomic mass is 16.6. The smallest absolute Gasteiger partial charge is 0.311 e. The van der Waals surface area contributed by atoms with E-state index >= 15 is 0 Å². The van der Waals surface area contributed by atoms with Gasteiger partial charge in [0.1, 0.15) is 12.8 Å². The summed E-state index contributed by atoms with van der Waals surface area (Å²) in [4.78, 5) is 24.0. The topological polar surface area (TPSA) is 85.9 Å². The number of ether oxygens (including phenoxy) is 3. The molecule has 27 heavy (non-hydrogen) atoms. The fourth-order valence-electron chi connectivity index (χ4n) is 2.69. The summed E-state index contributed by atoms with van der Waals surface area (Å²) in [5.41, 5.74) is 1.33. The number of carbonyl (C=O) groups excluding carboxylic acids is 2. The molecule has 0 fully saturated rings. The molecule has 0 spiro atoms. The zero-order valence-corrected chi connectivity index (χ0v) is 15.3. The standard InChI is InChI=1S/C20H22N2O5/c1-3-18(23)27-19-15(25-4-2)10-7-11-16(19)26-12-17-21-14-9-6-5-8-13(14)20(24)22-17/h5-11,17,21H,3-4,12H2,1-2H3,(H,22,24). The number of rotatable bonds is 7. The van der Waals surface area contributed by atoms with Crippen molar-refractivity contribution in [1.82, 2.24) is 5.32 Å². The van der Waals surface area contributed by atoms with Crippen LogP contribution in [0.5, 0.6) is 17.2 Å². The molecule has 0 bridgehead atoms. The number of hydrogen-bond acceptors (Lipinski definition) is 6. The molecule has 0 aromatic heterocycles. The zero-order valence-electron chi connectivity index (χ0n) is 15.3. The molecule has 142 valence electrons. The minimum atomic E-state index is -0.419. The van der Waals surface area contributed by atoms with Crippen LogP contribution in [-0.4, -0.2) is 31.3 Å². The van der Waals surface area contributed by atoms with Crippen LogP contribution in [0.2, 0.25) is 0 Å². The van der Waals surface area contributed by atoms with Crippen molar-refractivity contribution < 1.29 is 23.8 Å². The number of fused-ring (bicyclic) bond motifs is 1. The molecule has 1 amide bonds. The van der Waals surface area contributed by atoms with E-state index in [1.807, 2.05) is 25.1 Å². The van der Waals surface area contributed by atoms with E-state index in [0.717, 1.165) is 5.69 Å². The lowest BCUT2D eigenvalue weighted by atomic mass is 10.1. The average Bonchev–Trinajstić information content (AvgIpc) is 2.68. The first-order chi connectivity index (χ1) is 13.1. The first-order valence-electron chi connectivity index (χ1n) is 8.88. The Hall–Kier alpha value is -3.22. The van der Waals surface area contributed by atoms with E-state index in [-0.39, 0.29) is 30.7 Å². The summed E-state index contributed by atoms with van der Waals surface area (Å²) in [5.74, 6) is 0.498. The van der Waals surface area contributed by atoms with E-state index in [4.69, 9.17) is 14.2 Å². The molecular weight excluding hydrogens is 348 g/mol. The number of anilines is 1. The molecule has 0 radical (unpaired) electrons. The Morgan fingerprint density at radius 1 is 1.00 bits per heavy atom. The minimum absolute atomic E-state index is 0.145. The summed E-state index contributed by atoms with van der Waals surface area (Å²) in [6.45, 7) is 4.13. The highest BCUT2D eigenvalue weighted by molar-refractivity contribution is 6.01. The van der Waals surface area contributed by atoms with Gasteiger partial charge in [-0.05, 0) is 31.2 Å². The van der Waals surface area contributed by atoms with Gasteiger partial charge in [0.15, 0.2) is 11.5 Å². The summed E-state index contributed by atoms with van der Waals surface area (Å²) in [6, 6.07) is 12.4. The van der Waals surface area contributed by atoms with Gasteiger partial charge in [0.25, 0.3) is 5.91 Å². The van der Waals surface area contributed by atoms with E-state index in [1.54, 1.807) is 31.2 Å². The Kier molecular flexibility index (Phi) is 5.80. The maximum absolute atomic E-state index is 12.2. The molecule has 1 aliphatic heterocycles. The SMILES string of the molecule is CCOc1cccc(OCC2NC(=O)c3ccccc3N2)c1OC(=O)CC. The lowest BCUT2D eigenvalue weighted by molar-refractivity contribution is -0.134. The van der Waals surface area contributed by atoms with Gasteiger partial charge < -0.3 is 24.8 Å². The fourth-order valence-corrected chi connectivity index (χ4v) is 2.69. The molecular formula is C20H22N2O5. The summed E-state index contributed by atoms with van der Waals surface area (Å²) >= 11 is 0. The van der Waals surface area contributed by atoms with E-state index in [9.17, 15) is 9.59 Å². The Balaban J connectivity index is 1.75. The summed E-state index contributed by atoms with van der Waals surface area (Å²) < 4.78 is 16.8. The maximum atomic E-state index is 12.2. The van der Waals surface area contributed by atoms with Crippen LogP contribution in [0.15, 0.2) is 42.5 Å². The number of carbonyl (C=O) groups is 2. The van der Waals surface area contributed by atoms with Crippen LogP contribution in [0.1, 0.15) is 30.6 Å². The number of hydrogen-bond donors (Lipinski definition) is 2. The Bertz CT molecular complexity index is 837. The molecule has 1 heterocycles. The molecule has 2 aromatic carbocycles. The summed E-state index contributed by atoms with van der Waals surface area (Å²) in [5, 5.41) is 6.05. The number of nitrogens with one attached hydrogen (secondary N) is 2. The Labute approximate surface area is 157 Å². The second-order valence-corrected chi connectivity index (χ2v) is 5.87. The molecule has 1 unspecified atom stereocenters. The van der Waals surface area contributed by atoms with Gasteiger partial charge in [-0.15, -0.1) is 0 Å². The van der Waals surface area contributed by atoms with Crippen molar-refractivity contribution in [1.29, 1.82) is 0 Å².